The molecule has 0 heterocycles. The van der Waals surface area contributed by atoms with Crippen LogP contribution in [-0.4, -0.2) is 19.6 Å². The van der Waals surface area contributed by atoms with Crippen molar-refractivity contribution in [3.63, 3.8) is 0 Å². The van der Waals surface area contributed by atoms with Gasteiger partial charge in [-0.15, -0.1) is 0 Å². The smallest absolute Gasteiger partial charge is 0.251 e. The second kappa shape index (κ2) is 7.64. The number of nitrogens with one attached hydrogen (secondary N) is 1. The number of carbonyl (C=O) groups is 1. The highest BCUT2D eigenvalue weighted by molar-refractivity contribution is 5.94. The molecule has 0 saturated carbocycles. The maximum absolute atomic E-state index is 12.1. The van der Waals surface area contributed by atoms with Gasteiger partial charge in [-0.05, 0) is 56.0 Å². The van der Waals surface area contributed by atoms with Gasteiger partial charge in [0.15, 0.2) is 0 Å². The van der Waals surface area contributed by atoms with Gasteiger partial charge in [0, 0.05) is 12.1 Å². The van der Waals surface area contributed by atoms with Crippen LogP contribution in [0.1, 0.15) is 33.5 Å². The van der Waals surface area contributed by atoms with Gasteiger partial charge < -0.3 is 10.1 Å². The van der Waals surface area contributed by atoms with Gasteiger partial charge in [-0.3, -0.25) is 4.79 Å². The lowest BCUT2D eigenvalue weighted by atomic mass is 10.1. The molecule has 3 heteroatoms. The van der Waals surface area contributed by atoms with Crippen LogP contribution in [0.3, 0.4) is 0 Å². The molecule has 0 aromatic heterocycles. The molecule has 0 spiro atoms. The van der Waals surface area contributed by atoms with E-state index in [1.165, 1.54) is 11.1 Å². The van der Waals surface area contributed by atoms with Crippen molar-refractivity contribution in [3.05, 3.63) is 64.7 Å². The molecule has 0 bridgehead atoms. The van der Waals surface area contributed by atoms with Gasteiger partial charge in [0.1, 0.15) is 5.75 Å². The van der Waals surface area contributed by atoms with E-state index in [0.29, 0.717) is 12.1 Å². The van der Waals surface area contributed by atoms with Crippen molar-refractivity contribution in [1.29, 1.82) is 0 Å². The van der Waals surface area contributed by atoms with Gasteiger partial charge in [-0.2, -0.15) is 0 Å². The molecule has 0 fully saturated rings. The Balaban J connectivity index is 1.80. The third-order valence-electron chi connectivity index (χ3n) is 3.71. The molecule has 0 saturated heterocycles. The molecule has 0 aliphatic rings. The van der Waals surface area contributed by atoms with Crippen LogP contribution in [0.15, 0.2) is 42.5 Å². The monoisotopic (exact) mass is 297 g/mol. The Kier molecular flexibility index (Phi) is 5.59. The van der Waals surface area contributed by atoms with Crippen molar-refractivity contribution >= 4 is 5.91 Å². The predicted octanol–water partition coefficient (Wildman–Crippen LogP) is 3.67. The second-order valence-corrected chi connectivity index (χ2v) is 5.53. The number of ether oxygens (including phenoxy) is 1. The maximum Gasteiger partial charge on any atom is 0.251 e. The third-order valence-corrected chi connectivity index (χ3v) is 3.71. The lowest BCUT2D eigenvalue weighted by Crippen LogP contribution is -2.24. The molecule has 0 aliphatic carbocycles. The Morgan fingerprint density at radius 2 is 1.82 bits per heavy atom. The average molecular weight is 297 g/mol. The summed E-state index contributed by atoms with van der Waals surface area (Å²) < 4.78 is 5.20. The first kappa shape index (κ1) is 16.1. The Bertz CT molecular complexity index is 632. The number of rotatable bonds is 6. The van der Waals surface area contributed by atoms with Crippen LogP contribution in [0, 0.1) is 13.8 Å². The molecule has 2 aromatic carbocycles. The summed E-state index contributed by atoms with van der Waals surface area (Å²) in [5, 5.41) is 2.97. The van der Waals surface area contributed by atoms with Crippen molar-refractivity contribution in [1.82, 2.24) is 5.32 Å². The fourth-order valence-corrected chi connectivity index (χ4v) is 2.37. The van der Waals surface area contributed by atoms with Crippen molar-refractivity contribution in [2.45, 2.75) is 26.7 Å². The number of aryl methyl sites for hydroxylation is 3. The summed E-state index contributed by atoms with van der Waals surface area (Å²) in [6.07, 6.45) is 1.91. The predicted molar refractivity (Wildman–Crippen MR) is 89.6 cm³/mol. The molecule has 116 valence electrons. The standard InChI is InChI=1S/C19H23NO2/c1-14-6-8-16(9-7-14)5-4-12-20-19(21)17-10-11-18(22-3)15(2)13-17/h6-11,13H,4-5,12H2,1-3H3,(H,20,21). The molecule has 0 unspecified atom stereocenters. The van der Waals surface area contributed by atoms with Gasteiger partial charge >= 0.3 is 0 Å². The minimum atomic E-state index is -0.0327. The lowest BCUT2D eigenvalue weighted by molar-refractivity contribution is 0.0953. The zero-order valence-corrected chi connectivity index (χ0v) is 13.5. The summed E-state index contributed by atoms with van der Waals surface area (Å²) in [4.78, 5) is 12.1. The highest BCUT2D eigenvalue weighted by Gasteiger charge is 2.07. The summed E-state index contributed by atoms with van der Waals surface area (Å²) in [6, 6.07) is 14.0. The average Bonchev–Trinajstić information content (AvgIpc) is 2.53. The summed E-state index contributed by atoms with van der Waals surface area (Å²) in [5.41, 5.74) is 4.22. The molecule has 3 nitrogen and oxygen atoms in total. The first-order valence-electron chi connectivity index (χ1n) is 7.58. The van der Waals surface area contributed by atoms with E-state index in [4.69, 9.17) is 4.74 Å². The van der Waals surface area contributed by atoms with E-state index < -0.39 is 0 Å². The van der Waals surface area contributed by atoms with Crippen molar-refractivity contribution in [2.24, 2.45) is 0 Å². The minimum Gasteiger partial charge on any atom is -0.496 e. The fourth-order valence-electron chi connectivity index (χ4n) is 2.37. The summed E-state index contributed by atoms with van der Waals surface area (Å²) in [5.74, 6) is 0.769. The van der Waals surface area contributed by atoms with Crippen LogP contribution in [0.5, 0.6) is 5.75 Å². The fraction of sp³-hybridized carbons (Fsp3) is 0.316. The molecule has 0 aliphatic heterocycles. The number of carbonyl (C=O) groups excluding carboxylic acids is 1. The Morgan fingerprint density at radius 3 is 2.45 bits per heavy atom. The van der Waals surface area contributed by atoms with E-state index in [1.54, 1.807) is 13.2 Å². The minimum absolute atomic E-state index is 0.0327. The first-order valence-corrected chi connectivity index (χ1v) is 7.58. The van der Waals surface area contributed by atoms with Crippen molar-refractivity contribution < 1.29 is 9.53 Å². The molecule has 2 rings (SSSR count). The van der Waals surface area contributed by atoms with Gasteiger partial charge in [0.05, 0.1) is 7.11 Å². The maximum atomic E-state index is 12.1. The van der Waals surface area contributed by atoms with Gasteiger partial charge in [-0.1, -0.05) is 29.8 Å². The molecule has 1 N–H and O–H groups in total. The van der Waals surface area contributed by atoms with E-state index in [9.17, 15) is 4.79 Å². The number of hydrogen-bond donors (Lipinski definition) is 1. The highest BCUT2D eigenvalue weighted by Crippen LogP contribution is 2.18. The number of methoxy groups -OCH3 is 1. The van der Waals surface area contributed by atoms with Crippen LogP contribution in [0.25, 0.3) is 0 Å². The number of hydrogen-bond acceptors (Lipinski definition) is 2. The zero-order valence-electron chi connectivity index (χ0n) is 13.5. The van der Waals surface area contributed by atoms with Crippen LogP contribution < -0.4 is 10.1 Å². The molecule has 0 atom stereocenters. The Hall–Kier alpha value is -2.29. The summed E-state index contributed by atoms with van der Waals surface area (Å²) in [7, 11) is 1.63. The lowest BCUT2D eigenvalue weighted by Gasteiger charge is -2.08. The summed E-state index contributed by atoms with van der Waals surface area (Å²) >= 11 is 0. The molecule has 1 amide bonds. The quantitative estimate of drug-likeness (QED) is 0.826. The van der Waals surface area contributed by atoms with Gasteiger partial charge in [0.25, 0.3) is 5.91 Å². The molecular weight excluding hydrogens is 274 g/mol. The van der Waals surface area contributed by atoms with E-state index in [-0.39, 0.29) is 5.91 Å². The third kappa shape index (κ3) is 4.35. The van der Waals surface area contributed by atoms with E-state index in [2.05, 4.69) is 36.5 Å². The van der Waals surface area contributed by atoms with Crippen LogP contribution >= 0.6 is 0 Å². The van der Waals surface area contributed by atoms with Crippen LogP contribution in [-0.2, 0) is 6.42 Å². The van der Waals surface area contributed by atoms with Crippen LogP contribution in [0.2, 0.25) is 0 Å². The molecule has 0 radical (unpaired) electrons. The van der Waals surface area contributed by atoms with Gasteiger partial charge in [-0.25, -0.2) is 0 Å². The second-order valence-electron chi connectivity index (χ2n) is 5.53. The normalized spacial score (nSPS) is 10.3. The van der Waals surface area contributed by atoms with E-state index in [0.717, 1.165) is 24.2 Å². The topological polar surface area (TPSA) is 38.3 Å². The molecular formula is C19H23NO2. The summed E-state index contributed by atoms with van der Waals surface area (Å²) in [6.45, 7) is 4.70. The van der Waals surface area contributed by atoms with E-state index in [1.807, 2.05) is 19.1 Å². The number of amides is 1. The SMILES string of the molecule is COc1ccc(C(=O)NCCCc2ccc(C)cc2)cc1C. The van der Waals surface area contributed by atoms with Crippen molar-refractivity contribution in [3.8, 4) is 5.75 Å². The Morgan fingerprint density at radius 1 is 1.09 bits per heavy atom. The first-order chi connectivity index (χ1) is 10.6. The molecule has 22 heavy (non-hydrogen) atoms. The van der Waals surface area contributed by atoms with Gasteiger partial charge in [0.2, 0.25) is 0 Å². The highest BCUT2D eigenvalue weighted by atomic mass is 16.5. The molecule has 2 aromatic rings. The zero-order chi connectivity index (χ0) is 15.9. The van der Waals surface area contributed by atoms with E-state index >= 15 is 0 Å². The number of benzene rings is 2. The van der Waals surface area contributed by atoms with Crippen LogP contribution in [0.4, 0.5) is 0 Å². The Labute approximate surface area is 132 Å². The van der Waals surface area contributed by atoms with Crippen molar-refractivity contribution in [2.75, 3.05) is 13.7 Å². The largest absolute Gasteiger partial charge is 0.496 e.